The number of nitrogens with zero attached hydrogens (tertiary/aromatic N) is 1. The largest absolute Gasteiger partial charge is 0.330 e. The molecule has 0 saturated carbocycles. The third-order valence-electron chi connectivity index (χ3n) is 2.94. The summed E-state index contributed by atoms with van der Waals surface area (Å²) in [6.45, 7) is 8.36. The summed E-state index contributed by atoms with van der Waals surface area (Å²) in [6.07, 6.45) is 0. The normalized spacial score (nSPS) is 11.5. The number of halogens is 2. The molecule has 0 atom stereocenters. The average Bonchev–Trinajstić information content (AvgIpc) is 2.23. The highest BCUT2D eigenvalue weighted by atomic mass is 35.5. The van der Waals surface area contributed by atoms with Crippen LogP contribution < -0.4 is 5.73 Å². The van der Waals surface area contributed by atoms with Crippen molar-refractivity contribution in [2.75, 3.05) is 20.1 Å². The predicted octanol–water partition coefficient (Wildman–Crippen LogP) is 2.97. The Morgan fingerprint density at radius 3 is 2.44 bits per heavy atom. The SMILES string of the molecule is Cc1ccc(CN(C)CC(C)(C)CN)cc1F.Cl. The van der Waals surface area contributed by atoms with Crippen LogP contribution in [0.25, 0.3) is 0 Å². The molecule has 0 fully saturated rings. The first-order chi connectivity index (χ1) is 7.84. The van der Waals surface area contributed by atoms with E-state index in [0.717, 1.165) is 18.7 Å². The van der Waals surface area contributed by atoms with Gasteiger partial charge >= 0.3 is 0 Å². The van der Waals surface area contributed by atoms with Gasteiger partial charge in [-0.3, -0.25) is 0 Å². The van der Waals surface area contributed by atoms with Gasteiger partial charge < -0.3 is 10.6 Å². The van der Waals surface area contributed by atoms with Crippen LogP contribution in [0.5, 0.6) is 0 Å². The van der Waals surface area contributed by atoms with Crippen molar-refractivity contribution in [2.45, 2.75) is 27.3 Å². The van der Waals surface area contributed by atoms with E-state index in [4.69, 9.17) is 5.73 Å². The molecule has 2 nitrogen and oxygen atoms in total. The lowest BCUT2D eigenvalue weighted by Gasteiger charge is -2.29. The van der Waals surface area contributed by atoms with Crippen molar-refractivity contribution in [3.63, 3.8) is 0 Å². The molecule has 0 spiro atoms. The fraction of sp³-hybridized carbons (Fsp3) is 0.571. The fourth-order valence-electron chi connectivity index (χ4n) is 1.90. The Labute approximate surface area is 116 Å². The maximum absolute atomic E-state index is 13.4. The second-order valence-corrected chi connectivity index (χ2v) is 5.62. The second-order valence-electron chi connectivity index (χ2n) is 5.62. The summed E-state index contributed by atoms with van der Waals surface area (Å²) in [5.74, 6) is -0.131. The number of hydrogen-bond acceptors (Lipinski definition) is 2. The van der Waals surface area contributed by atoms with Crippen LogP contribution in [-0.2, 0) is 6.54 Å². The minimum atomic E-state index is -0.131. The van der Waals surface area contributed by atoms with E-state index in [0.29, 0.717) is 12.1 Å². The molecule has 0 aliphatic rings. The maximum atomic E-state index is 13.4. The van der Waals surface area contributed by atoms with Crippen LogP contribution in [0.2, 0.25) is 0 Å². The molecule has 1 aromatic carbocycles. The lowest BCUT2D eigenvalue weighted by molar-refractivity contribution is 0.209. The van der Waals surface area contributed by atoms with Crippen molar-refractivity contribution < 1.29 is 4.39 Å². The van der Waals surface area contributed by atoms with Gasteiger partial charge in [-0.1, -0.05) is 26.0 Å². The monoisotopic (exact) mass is 274 g/mol. The van der Waals surface area contributed by atoms with E-state index in [1.54, 1.807) is 13.0 Å². The Morgan fingerprint density at radius 2 is 1.94 bits per heavy atom. The number of hydrogen-bond donors (Lipinski definition) is 1. The van der Waals surface area contributed by atoms with Gasteiger partial charge in [-0.05, 0) is 43.1 Å². The molecule has 0 aliphatic heterocycles. The second kappa shape index (κ2) is 7.07. The summed E-state index contributed by atoms with van der Waals surface area (Å²) >= 11 is 0. The fourth-order valence-corrected chi connectivity index (χ4v) is 1.90. The van der Waals surface area contributed by atoms with Crippen LogP contribution in [0.3, 0.4) is 0 Å². The topological polar surface area (TPSA) is 29.3 Å². The van der Waals surface area contributed by atoms with Crippen LogP contribution >= 0.6 is 12.4 Å². The summed E-state index contributed by atoms with van der Waals surface area (Å²) in [4.78, 5) is 2.18. The molecule has 0 bridgehead atoms. The maximum Gasteiger partial charge on any atom is 0.126 e. The highest BCUT2D eigenvalue weighted by molar-refractivity contribution is 5.85. The highest BCUT2D eigenvalue weighted by Gasteiger charge is 2.18. The zero-order valence-corrected chi connectivity index (χ0v) is 12.5. The molecule has 4 heteroatoms. The van der Waals surface area contributed by atoms with E-state index in [-0.39, 0.29) is 23.6 Å². The molecule has 0 saturated heterocycles. The molecule has 0 heterocycles. The Kier molecular flexibility index (Phi) is 6.82. The van der Waals surface area contributed by atoms with E-state index in [1.165, 1.54) is 0 Å². The average molecular weight is 275 g/mol. The van der Waals surface area contributed by atoms with Crippen LogP contribution in [0, 0.1) is 18.2 Å². The number of aryl methyl sites for hydroxylation is 1. The molecule has 0 aromatic heterocycles. The van der Waals surface area contributed by atoms with Crippen molar-refractivity contribution >= 4 is 12.4 Å². The quantitative estimate of drug-likeness (QED) is 0.894. The standard InChI is InChI=1S/C14H23FN2.ClH/c1-11-5-6-12(7-13(11)15)8-17(4)10-14(2,3)9-16;/h5-7H,8-10,16H2,1-4H3;1H. The molecule has 104 valence electrons. The van der Waals surface area contributed by atoms with Gasteiger partial charge in [-0.15, -0.1) is 12.4 Å². The minimum Gasteiger partial charge on any atom is -0.330 e. The molecule has 2 N–H and O–H groups in total. The zero-order valence-electron chi connectivity index (χ0n) is 11.7. The zero-order chi connectivity index (χ0) is 13.1. The molecular weight excluding hydrogens is 251 g/mol. The number of benzene rings is 1. The van der Waals surface area contributed by atoms with Gasteiger partial charge in [0.25, 0.3) is 0 Å². The van der Waals surface area contributed by atoms with Crippen molar-refractivity contribution in [3.05, 3.63) is 35.1 Å². The van der Waals surface area contributed by atoms with Gasteiger partial charge in [0.15, 0.2) is 0 Å². The van der Waals surface area contributed by atoms with Crippen molar-refractivity contribution in [2.24, 2.45) is 11.1 Å². The first kappa shape index (κ1) is 17.4. The Bertz CT molecular complexity index is 380. The van der Waals surface area contributed by atoms with Crippen molar-refractivity contribution in [1.29, 1.82) is 0 Å². The summed E-state index contributed by atoms with van der Waals surface area (Å²) in [5.41, 5.74) is 7.50. The van der Waals surface area contributed by atoms with Crippen molar-refractivity contribution in [3.8, 4) is 0 Å². The third kappa shape index (κ3) is 5.34. The van der Waals surface area contributed by atoms with Gasteiger partial charge in [0.1, 0.15) is 5.82 Å². The predicted molar refractivity (Wildman–Crippen MR) is 77.6 cm³/mol. The lowest BCUT2D eigenvalue weighted by atomic mass is 9.93. The molecule has 18 heavy (non-hydrogen) atoms. The Balaban J connectivity index is 0.00000289. The molecule has 1 rings (SSSR count). The van der Waals surface area contributed by atoms with Crippen LogP contribution in [0.15, 0.2) is 18.2 Å². The first-order valence-corrected chi connectivity index (χ1v) is 5.98. The smallest absolute Gasteiger partial charge is 0.126 e. The third-order valence-corrected chi connectivity index (χ3v) is 2.94. The molecule has 1 aromatic rings. The Hall–Kier alpha value is -0.640. The van der Waals surface area contributed by atoms with Crippen LogP contribution in [0.4, 0.5) is 4.39 Å². The lowest BCUT2D eigenvalue weighted by Crippen LogP contribution is -2.36. The van der Waals surface area contributed by atoms with E-state index in [9.17, 15) is 4.39 Å². The highest BCUT2D eigenvalue weighted by Crippen LogP contribution is 2.16. The molecular formula is C14H24ClFN2. The molecule has 0 aliphatic carbocycles. The van der Waals surface area contributed by atoms with E-state index < -0.39 is 0 Å². The van der Waals surface area contributed by atoms with Gasteiger partial charge in [-0.2, -0.15) is 0 Å². The van der Waals surface area contributed by atoms with Gasteiger partial charge in [0.2, 0.25) is 0 Å². The van der Waals surface area contributed by atoms with Gasteiger partial charge in [0, 0.05) is 13.1 Å². The van der Waals surface area contributed by atoms with Crippen molar-refractivity contribution in [1.82, 2.24) is 4.90 Å². The number of nitrogens with two attached hydrogens (primary N) is 1. The molecule has 0 unspecified atom stereocenters. The van der Waals surface area contributed by atoms with E-state index >= 15 is 0 Å². The minimum absolute atomic E-state index is 0. The van der Waals surface area contributed by atoms with E-state index in [1.807, 2.05) is 19.2 Å². The van der Waals surface area contributed by atoms with Gasteiger partial charge in [-0.25, -0.2) is 4.39 Å². The summed E-state index contributed by atoms with van der Waals surface area (Å²) in [7, 11) is 2.04. The van der Waals surface area contributed by atoms with Gasteiger partial charge in [0.05, 0.1) is 0 Å². The Morgan fingerprint density at radius 1 is 1.33 bits per heavy atom. The molecule has 0 amide bonds. The number of rotatable bonds is 5. The summed E-state index contributed by atoms with van der Waals surface area (Å²) in [5, 5.41) is 0. The first-order valence-electron chi connectivity index (χ1n) is 5.98. The van der Waals surface area contributed by atoms with E-state index in [2.05, 4.69) is 18.7 Å². The summed E-state index contributed by atoms with van der Waals surface area (Å²) in [6, 6.07) is 5.41. The summed E-state index contributed by atoms with van der Waals surface area (Å²) < 4.78 is 13.4. The van der Waals surface area contributed by atoms with Crippen LogP contribution in [0.1, 0.15) is 25.0 Å². The molecule has 0 radical (unpaired) electrons. The van der Waals surface area contributed by atoms with Crippen LogP contribution in [-0.4, -0.2) is 25.0 Å².